The lowest BCUT2D eigenvalue weighted by Gasteiger charge is -2.31. The SMILES string of the molecule is CCC/C=C/C1CCC(CCC2CCC(c3ccc4cc(OCC)c(F)c(F)c4c3)CC2)CC1. The van der Waals surface area contributed by atoms with Crippen molar-refractivity contribution in [2.45, 2.75) is 96.8 Å². The van der Waals surface area contributed by atoms with E-state index in [0.717, 1.165) is 36.2 Å². The molecule has 2 aromatic carbocycles. The van der Waals surface area contributed by atoms with Crippen molar-refractivity contribution in [1.29, 1.82) is 0 Å². The van der Waals surface area contributed by atoms with Crippen LogP contribution in [-0.2, 0) is 0 Å². The largest absolute Gasteiger partial charge is 0.491 e. The summed E-state index contributed by atoms with van der Waals surface area (Å²) >= 11 is 0. The van der Waals surface area contributed by atoms with Crippen molar-refractivity contribution in [1.82, 2.24) is 0 Å². The van der Waals surface area contributed by atoms with E-state index in [-0.39, 0.29) is 5.75 Å². The molecule has 3 heteroatoms. The molecular weight excluding hydrogens is 426 g/mol. The van der Waals surface area contributed by atoms with Gasteiger partial charge in [-0.15, -0.1) is 0 Å². The highest BCUT2D eigenvalue weighted by molar-refractivity contribution is 5.85. The van der Waals surface area contributed by atoms with Gasteiger partial charge >= 0.3 is 0 Å². The van der Waals surface area contributed by atoms with Gasteiger partial charge in [0.1, 0.15) is 0 Å². The average molecular weight is 469 g/mol. The highest BCUT2D eigenvalue weighted by atomic mass is 19.2. The van der Waals surface area contributed by atoms with Crippen LogP contribution in [0.1, 0.15) is 102 Å². The third kappa shape index (κ3) is 6.20. The van der Waals surface area contributed by atoms with Crippen LogP contribution in [0, 0.1) is 29.4 Å². The number of allylic oxidation sites excluding steroid dienone is 2. The maximum absolute atomic E-state index is 14.7. The standard InChI is InChI=1S/C31H42F2O/c1-3-5-6-7-22-8-10-23(11-9-22)12-13-24-14-16-25(17-15-24)26-18-19-27-21-29(34-4-2)31(33)30(32)28(27)20-26/h6-7,18-25H,3-5,8-17H2,1-2H3/b7-6+. The monoisotopic (exact) mass is 468 g/mol. The van der Waals surface area contributed by atoms with Crippen LogP contribution in [0.5, 0.6) is 5.75 Å². The molecule has 2 aliphatic carbocycles. The Morgan fingerprint density at radius 2 is 1.53 bits per heavy atom. The van der Waals surface area contributed by atoms with E-state index < -0.39 is 11.6 Å². The number of hydrogen-bond donors (Lipinski definition) is 0. The van der Waals surface area contributed by atoms with Crippen LogP contribution in [-0.4, -0.2) is 6.61 Å². The molecule has 0 spiro atoms. The van der Waals surface area contributed by atoms with E-state index in [9.17, 15) is 8.78 Å². The summed E-state index contributed by atoms with van der Waals surface area (Å²) in [4.78, 5) is 0. The zero-order valence-electron chi connectivity index (χ0n) is 21.1. The minimum atomic E-state index is -0.874. The first kappa shape index (κ1) is 25.2. The van der Waals surface area contributed by atoms with E-state index in [1.807, 2.05) is 12.1 Å². The van der Waals surface area contributed by atoms with Gasteiger partial charge in [-0.2, -0.15) is 4.39 Å². The van der Waals surface area contributed by atoms with Crippen LogP contribution >= 0.6 is 0 Å². The molecule has 34 heavy (non-hydrogen) atoms. The van der Waals surface area contributed by atoms with Gasteiger partial charge in [0.05, 0.1) is 6.61 Å². The van der Waals surface area contributed by atoms with Crippen LogP contribution in [0.2, 0.25) is 0 Å². The van der Waals surface area contributed by atoms with E-state index >= 15 is 0 Å². The van der Waals surface area contributed by atoms with Gasteiger partial charge in [-0.25, -0.2) is 4.39 Å². The Labute approximate surface area is 205 Å². The summed E-state index contributed by atoms with van der Waals surface area (Å²) in [6, 6.07) is 7.53. The van der Waals surface area contributed by atoms with Crippen LogP contribution in [0.3, 0.4) is 0 Å². The first-order valence-electron chi connectivity index (χ1n) is 13.8. The summed E-state index contributed by atoms with van der Waals surface area (Å²) in [5.74, 6) is 1.38. The molecule has 0 saturated heterocycles. The molecule has 0 radical (unpaired) electrons. The smallest absolute Gasteiger partial charge is 0.201 e. The first-order valence-corrected chi connectivity index (χ1v) is 13.8. The van der Waals surface area contributed by atoms with Gasteiger partial charge in [0.15, 0.2) is 11.6 Å². The van der Waals surface area contributed by atoms with E-state index in [1.54, 1.807) is 13.0 Å². The number of benzene rings is 2. The quantitative estimate of drug-likeness (QED) is 0.333. The van der Waals surface area contributed by atoms with E-state index in [2.05, 4.69) is 25.1 Å². The zero-order valence-corrected chi connectivity index (χ0v) is 21.1. The Bertz CT molecular complexity index is 950. The minimum Gasteiger partial charge on any atom is -0.491 e. The third-order valence-electron chi connectivity index (χ3n) is 8.37. The lowest BCUT2D eigenvalue weighted by molar-refractivity contribution is 0.246. The predicted octanol–water partition coefficient (Wildman–Crippen LogP) is 9.73. The minimum absolute atomic E-state index is 0.00204. The lowest BCUT2D eigenvalue weighted by Crippen LogP contribution is -2.17. The number of halogens is 2. The molecule has 0 unspecified atom stereocenters. The van der Waals surface area contributed by atoms with Crippen molar-refractivity contribution >= 4 is 10.8 Å². The molecule has 2 aromatic rings. The highest BCUT2D eigenvalue weighted by Gasteiger charge is 2.25. The number of hydrogen-bond acceptors (Lipinski definition) is 1. The van der Waals surface area contributed by atoms with Gasteiger partial charge in [-0.3, -0.25) is 0 Å². The number of ether oxygens (including phenoxy) is 1. The van der Waals surface area contributed by atoms with E-state index in [4.69, 9.17) is 4.74 Å². The predicted molar refractivity (Wildman–Crippen MR) is 138 cm³/mol. The second-order valence-electron chi connectivity index (χ2n) is 10.7. The molecule has 0 amide bonds. The molecule has 2 fully saturated rings. The molecule has 1 nitrogen and oxygen atoms in total. The molecule has 2 aliphatic rings. The molecule has 0 aliphatic heterocycles. The van der Waals surface area contributed by atoms with Gasteiger partial charge in [0.2, 0.25) is 5.82 Å². The second kappa shape index (κ2) is 12.2. The molecular formula is C31H42F2O. The Balaban J connectivity index is 1.26. The van der Waals surface area contributed by atoms with Crippen molar-refractivity contribution in [2.75, 3.05) is 6.61 Å². The van der Waals surface area contributed by atoms with Crippen molar-refractivity contribution in [2.24, 2.45) is 17.8 Å². The fourth-order valence-electron chi connectivity index (χ4n) is 6.22. The fraction of sp³-hybridized carbons (Fsp3) is 0.613. The van der Waals surface area contributed by atoms with Crippen molar-refractivity contribution in [3.63, 3.8) is 0 Å². The Kier molecular flexibility index (Phi) is 9.03. The molecule has 0 heterocycles. The summed E-state index contributed by atoms with van der Waals surface area (Å²) in [6.07, 6.45) is 20.5. The molecule has 0 atom stereocenters. The molecule has 4 rings (SSSR count). The number of unbranched alkanes of at least 4 members (excludes halogenated alkanes) is 1. The zero-order chi connectivity index (χ0) is 23.9. The molecule has 0 aromatic heterocycles. The van der Waals surface area contributed by atoms with Crippen LogP contribution in [0.15, 0.2) is 36.4 Å². The molecule has 0 bridgehead atoms. The van der Waals surface area contributed by atoms with Crippen molar-refractivity contribution < 1.29 is 13.5 Å². The second-order valence-corrected chi connectivity index (χ2v) is 10.7. The van der Waals surface area contributed by atoms with Gasteiger partial charge in [0, 0.05) is 5.39 Å². The number of fused-ring (bicyclic) bond motifs is 1. The van der Waals surface area contributed by atoms with Crippen LogP contribution in [0.25, 0.3) is 10.8 Å². The Morgan fingerprint density at radius 3 is 2.18 bits per heavy atom. The lowest BCUT2D eigenvalue weighted by atomic mass is 9.74. The summed E-state index contributed by atoms with van der Waals surface area (Å²) in [5.41, 5.74) is 1.16. The molecule has 0 N–H and O–H groups in total. The summed E-state index contributed by atoms with van der Waals surface area (Å²) in [6.45, 7) is 4.34. The first-order chi connectivity index (χ1) is 16.6. The summed E-state index contributed by atoms with van der Waals surface area (Å²) in [7, 11) is 0. The van der Waals surface area contributed by atoms with Gasteiger partial charge in [0.25, 0.3) is 0 Å². The van der Waals surface area contributed by atoms with Crippen LogP contribution in [0.4, 0.5) is 8.78 Å². The van der Waals surface area contributed by atoms with Gasteiger partial charge in [-0.05, 0) is 111 Å². The van der Waals surface area contributed by atoms with E-state index in [0.29, 0.717) is 23.3 Å². The van der Waals surface area contributed by atoms with Gasteiger partial charge in [-0.1, -0.05) is 50.5 Å². The summed E-state index contributed by atoms with van der Waals surface area (Å²) in [5, 5.41) is 1.08. The fourth-order valence-corrected chi connectivity index (χ4v) is 6.22. The third-order valence-corrected chi connectivity index (χ3v) is 8.37. The average Bonchev–Trinajstić information content (AvgIpc) is 2.87. The number of rotatable bonds is 9. The molecule has 2 saturated carbocycles. The van der Waals surface area contributed by atoms with Crippen molar-refractivity contribution in [3.05, 3.63) is 53.6 Å². The normalized spacial score (nSPS) is 25.8. The van der Waals surface area contributed by atoms with Crippen molar-refractivity contribution in [3.8, 4) is 5.75 Å². The Hall–Kier alpha value is -1.90. The Morgan fingerprint density at radius 1 is 0.853 bits per heavy atom. The topological polar surface area (TPSA) is 9.23 Å². The molecule has 186 valence electrons. The maximum Gasteiger partial charge on any atom is 0.201 e. The highest BCUT2D eigenvalue weighted by Crippen LogP contribution is 2.41. The van der Waals surface area contributed by atoms with E-state index in [1.165, 1.54) is 64.2 Å². The van der Waals surface area contributed by atoms with Gasteiger partial charge < -0.3 is 4.74 Å². The maximum atomic E-state index is 14.7. The summed E-state index contributed by atoms with van der Waals surface area (Å²) < 4.78 is 34.3. The van der Waals surface area contributed by atoms with Crippen LogP contribution < -0.4 is 4.74 Å².